The van der Waals surface area contributed by atoms with E-state index in [4.69, 9.17) is 39.9 Å². The molecule has 0 aromatic heterocycles. The summed E-state index contributed by atoms with van der Waals surface area (Å²) in [5, 5.41) is 8.84. The van der Waals surface area contributed by atoms with E-state index in [-0.39, 0.29) is 11.3 Å². The van der Waals surface area contributed by atoms with Crippen molar-refractivity contribution in [3.8, 4) is 5.75 Å². The largest absolute Gasteiger partial charge is 0.514 e. The monoisotopic (exact) mass is 312 g/mol. The summed E-state index contributed by atoms with van der Waals surface area (Å²) in [6.07, 6.45) is -1.16. The predicted octanol–water partition coefficient (Wildman–Crippen LogP) is 3.27. The highest BCUT2D eigenvalue weighted by atomic mass is 35.6. The summed E-state index contributed by atoms with van der Waals surface area (Å²) in [6.45, 7) is -0.508. The maximum absolute atomic E-state index is 11.2. The number of rotatable bonds is 3. The van der Waals surface area contributed by atoms with Crippen molar-refractivity contribution in [2.45, 2.75) is 3.79 Å². The van der Waals surface area contributed by atoms with Crippen molar-refractivity contribution in [3.05, 3.63) is 29.8 Å². The van der Waals surface area contributed by atoms with Crippen LogP contribution in [0.5, 0.6) is 5.75 Å². The van der Waals surface area contributed by atoms with E-state index in [1.165, 1.54) is 24.3 Å². The highest BCUT2D eigenvalue weighted by Gasteiger charge is 2.23. The van der Waals surface area contributed by atoms with Gasteiger partial charge in [-0.2, -0.15) is 0 Å². The summed E-state index contributed by atoms with van der Waals surface area (Å²) in [4.78, 5) is 22.0. The number of hydrogen-bond donors (Lipinski definition) is 1. The molecule has 1 aromatic rings. The molecule has 0 heterocycles. The Morgan fingerprint density at radius 3 is 2.39 bits per heavy atom. The van der Waals surface area contributed by atoms with Crippen LogP contribution >= 0.6 is 34.8 Å². The van der Waals surface area contributed by atoms with Crippen LogP contribution in [0, 0.1) is 0 Å². The van der Waals surface area contributed by atoms with Crippen LogP contribution in [-0.2, 0) is 4.74 Å². The molecule has 8 heteroatoms. The van der Waals surface area contributed by atoms with Gasteiger partial charge in [0.15, 0.2) is 0 Å². The van der Waals surface area contributed by atoms with E-state index in [1.807, 2.05) is 0 Å². The zero-order valence-electron chi connectivity index (χ0n) is 8.73. The molecule has 0 saturated heterocycles. The Balaban J connectivity index is 2.68. The van der Waals surface area contributed by atoms with Gasteiger partial charge in [0.1, 0.15) is 17.9 Å². The Bertz CT molecular complexity index is 455. The second kappa shape index (κ2) is 6.13. The fraction of sp³-hybridized carbons (Fsp3) is 0.200. The lowest BCUT2D eigenvalue weighted by atomic mass is 10.2. The SMILES string of the molecule is O=C(OCC(Cl)(Cl)Cl)Oc1ccccc1C(=O)O. The molecule has 0 amide bonds. The maximum Gasteiger partial charge on any atom is 0.514 e. The van der Waals surface area contributed by atoms with Gasteiger partial charge in [-0.15, -0.1) is 0 Å². The number of carboxylic acid groups (broad SMARTS) is 1. The van der Waals surface area contributed by atoms with Crippen molar-refractivity contribution in [2.75, 3.05) is 6.61 Å². The minimum absolute atomic E-state index is 0.153. The van der Waals surface area contributed by atoms with Gasteiger partial charge in [-0.05, 0) is 12.1 Å². The highest BCUT2D eigenvalue weighted by molar-refractivity contribution is 6.67. The van der Waals surface area contributed by atoms with E-state index in [2.05, 4.69) is 9.47 Å². The Morgan fingerprint density at radius 1 is 1.22 bits per heavy atom. The normalized spacial score (nSPS) is 10.8. The van der Waals surface area contributed by atoms with Crippen LogP contribution in [0.3, 0.4) is 0 Å². The molecule has 5 nitrogen and oxygen atoms in total. The molecule has 0 aliphatic heterocycles. The molecular formula is C10H7Cl3O5. The van der Waals surface area contributed by atoms with Gasteiger partial charge in [-0.1, -0.05) is 46.9 Å². The van der Waals surface area contributed by atoms with Crippen LogP contribution in [0.25, 0.3) is 0 Å². The number of carbonyl (C=O) groups excluding carboxylic acids is 1. The van der Waals surface area contributed by atoms with Gasteiger partial charge >= 0.3 is 12.1 Å². The quantitative estimate of drug-likeness (QED) is 0.527. The molecule has 0 radical (unpaired) electrons. The first-order chi connectivity index (χ1) is 8.29. The van der Waals surface area contributed by atoms with Gasteiger partial charge in [-0.3, -0.25) is 0 Å². The van der Waals surface area contributed by atoms with Crippen LogP contribution in [0.1, 0.15) is 10.4 Å². The standard InChI is InChI=1S/C10H7Cl3O5/c11-10(12,13)5-17-9(16)18-7-4-2-1-3-6(7)8(14)15/h1-4H,5H2,(H,14,15). The molecule has 0 fully saturated rings. The molecule has 0 unspecified atom stereocenters. The van der Waals surface area contributed by atoms with Crippen LogP contribution in [-0.4, -0.2) is 27.6 Å². The number of halogens is 3. The molecule has 0 saturated carbocycles. The predicted molar refractivity (Wildman–Crippen MR) is 65.7 cm³/mol. The van der Waals surface area contributed by atoms with Crippen LogP contribution in [0.15, 0.2) is 24.3 Å². The zero-order chi connectivity index (χ0) is 13.8. The van der Waals surface area contributed by atoms with Crippen molar-refractivity contribution in [1.82, 2.24) is 0 Å². The van der Waals surface area contributed by atoms with Crippen LogP contribution < -0.4 is 4.74 Å². The molecule has 0 spiro atoms. The van der Waals surface area contributed by atoms with Gasteiger partial charge in [0, 0.05) is 0 Å². The molecule has 1 N–H and O–H groups in total. The fourth-order valence-electron chi connectivity index (χ4n) is 0.992. The number of carboxylic acids is 1. The maximum atomic E-state index is 11.2. The molecule has 0 atom stereocenters. The number of benzene rings is 1. The van der Waals surface area contributed by atoms with Crippen LogP contribution in [0.4, 0.5) is 4.79 Å². The van der Waals surface area contributed by atoms with Crippen molar-refractivity contribution < 1.29 is 24.2 Å². The molecule has 1 rings (SSSR count). The molecule has 1 aromatic carbocycles. The minimum Gasteiger partial charge on any atom is -0.478 e. The Kier molecular flexibility index (Phi) is 5.07. The second-order valence-corrected chi connectivity index (χ2v) is 5.57. The van der Waals surface area contributed by atoms with E-state index < -0.39 is 22.5 Å². The zero-order valence-corrected chi connectivity index (χ0v) is 11.0. The summed E-state index contributed by atoms with van der Waals surface area (Å²) < 4.78 is 7.42. The minimum atomic E-state index is -1.76. The summed E-state index contributed by atoms with van der Waals surface area (Å²) in [5.41, 5.74) is -0.177. The topological polar surface area (TPSA) is 72.8 Å². The molecule has 18 heavy (non-hydrogen) atoms. The third kappa shape index (κ3) is 5.00. The van der Waals surface area contributed by atoms with E-state index in [1.54, 1.807) is 0 Å². The smallest absolute Gasteiger partial charge is 0.478 e. The highest BCUT2D eigenvalue weighted by Crippen LogP contribution is 2.26. The van der Waals surface area contributed by atoms with E-state index in [9.17, 15) is 9.59 Å². The summed E-state index contributed by atoms with van der Waals surface area (Å²) in [5.74, 6) is -1.39. The first-order valence-electron chi connectivity index (χ1n) is 4.53. The fourth-order valence-corrected chi connectivity index (χ4v) is 1.16. The van der Waals surface area contributed by atoms with Crippen LogP contribution in [0.2, 0.25) is 0 Å². The second-order valence-electron chi connectivity index (χ2n) is 3.06. The number of alkyl halides is 3. The summed E-state index contributed by atoms with van der Waals surface area (Å²) in [7, 11) is 0. The lowest BCUT2D eigenvalue weighted by molar-refractivity contribution is 0.0690. The lowest BCUT2D eigenvalue weighted by Crippen LogP contribution is -2.20. The summed E-state index contributed by atoms with van der Waals surface area (Å²) in [6, 6.07) is 5.58. The molecule has 98 valence electrons. The Morgan fingerprint density at radius 2 is 1.83 bits per heavy atom. The van der Waals surface area contributed by atoms with E-state index >= 15 is 0 Å². The third-order valence-electron chi connectivity index (χ3n) is 1.66. The molecule has 0 aliphatic carbocycles. The molecule has 0 aliphatic rings. The average Bonchev–Trinajstić information content (AvgIpc) is 2.26. The van der Waals surface area contributed by atoms with Crippen molar-refractivity contribution in [2.24, 2.45) is 0 Å². The summed E-state index contributed by atoms with van der Waals surface area (Å²) >= 11 is 16.1. The number of hydrogen-bond acceptors (Lipinski definition) is 4. The first kappa shape index (κ1) is 14.9. The lowest BCUT2D eigenvalue weighted by Gasteiger charge is -2.11. The average molecular weight is 314 g/mol. The number of aromatic carboxylic acids is 1. The molecule has 0 bridgehead atoms. The van der Waals surface area contributed by atoms with Gasteiger partial charge in [0.05, 0.1) is 0 Å². The molecular weight excluding hydrogens is 306 g/mol. The first-order valence-corrected chi connectivity index (χ1v) is 5.66. The van der Waals surface area contributed by atoms with Gasteiger partial charge in [0.2, 0.25) is 3.79 Å². The number of para-hydroxylation sites is 1. The van der Waals surface area contributed by atoms with Gasteiger partial charge in [-0.25, -0.2) is 9.59 Å². The van der Waals surface area contributed by atoms with Crippen molar-refractivity contribution in [3.63, 3.8) is 0 Å². The van der Waals surface area contributed by atoms with Crippen molar-refractivity contribution in [1.29, 1.82) is 0 Å². The van der Waals surface area contributed by atoms with Gasteiger partial charge < -0.3 is 14.6 Å². The number of ether oxygens (including phenoxy) is 2. The Labute approximate surface area is 117 Å². The van der Waals surface area contributed by atoms with Gasteiger partial charge in [0.25, 0.3) is 0 Å². The number of carbonyl (C=O) groups is 2. The van der Waals surface area contributed by atoms with Crippen molar-refractivity contribution >= 4 is 46.9 Å². The van der Waals surface area contributed by atoms with E-state index in [0.29, 0.717) is 0 Å². The Hall–Kier alpha value is -1.17. The third-order valence-corrected chi connectivity index (χ3v) is 1.99. The van der Waals surface area contributed by atoms with E-state index in [0.717, 1.165) is 0 Å².